The zero-order valence-corrected chi connectivity index (χ0v) is 18.5. The molecule has 0 saturated heterocycles. The summed E-state index contributed by atoms with van der Waals surface area (Å²) in [4.78, 5) is 12.7. The van der Waals surface area contributed by atoms with Gasteiger partial charge in [-0.25, -0.2) is 8.42 Å². The van der Waals surface area contributed by atoms with Gasteiger partial charge in [0.05, 0.1) is 24.6 Å². The predicted molar refractivity (Wildman–Crippen MR) is 117 cm³/mol. The van der Waals surface area contributed by atoms with Crippen molar-refractivity contribution in [1.29, 1.82) is 0 Å². The summed E-state index contributed by atoms with van der Waals surface area (Å²) in [7, 11) is -3.65. The summed E-state index contributed by atoms with van der Waals surface area (Å²) >= 11 is 0. The number of anilines is 1. The number of ether oxygens (including phenoxy) is 1. The van der Waals surface area contributed by atoms with Crippen LogP contribution in [0.25, 0.3) is 0 Å². The first-order valence-electron chi connectivity index (χ1n) is 9.72. The summed E-state index contributed by atoms with van der Waals surface area (Å²) in [5.41, 5.74) is 3.74. The van der Waals surface area contributed by atoms with Crippen LogP contribution in [0, 0.1) is 13.8 Å². The first-order chi connectivity index (χ1) is 13.7. The third-order valence-electron chi connectivity index (χ3n) is 4.78. The monoisotopic (exact) mass is 418 g/mol. The smallest absolute Gasteiger partial charge is 0.241 e. The number of carbonyl (C=O) groups excluding carboxylic acids is 1. The van der Waals surface area contributed by atoms with Crippen LogP contribution in [0.5, 0.6) is 5.75 Å². The zero-order valence-electron chi connectivity index (χ0n) is 17.7. The SMILES string of the molecule is CCOc1cccc(N(CC(=O)N[C@H](CC)c2ccc(C)c(C)c2)S(C)(=O)=O)c1. The predicted octanol–water partition coefficient (Wildman–Crippen LogP) is 3.74. The third kappa shape index (κ3) is 6.22. The van der Waals surface area contributed by atoms with Gasteiger partial charge in [-0.15, -0.1) is 0 Å². The van der Waals surface area contributed by atoms with E-state index in [0.29, 0.717) is 24.5 Å². The zero-order chi connectivity index (χ0) is 21.6. The maximum Gasteiger partial charge on any atom is 0.241 e. The molecule has 1 N–H and O–H groups in total. The summed E-state index contributed by atoms with van der Waals surface area (Å²) in [6.45, 7) is 8.09. The molecule has 6 nitrogen and oxygen atoms in total. The fraction of sp³-hybridized carbons (Fsp3) is 0.409. The molecule has 2 aromatic carbocycles. The van der Waals surface area contributed by atoms with E-state index < -0.39 is 10.0 Å². The summed E-state index contributed by atoms with van der Waals surface area (Å²) in [6, 6.07) is 12.6. The van der Waals surface area contributed by atoms with Crippen LogP contribution in [0.2, 0.25) is 0 Å². The lowest BCUT2D eigenvalue weighted by Crippen LogP contribution is -2.41. The Morgan fingerprint density at radius 2 is 1.83 bits per heavy atom. The molecule has 0 aliphatic carbocycles. The topological polar surface area (TPSA) is 75.7 Å². The highest BCUT2D eigenvalue weighted by atomic mass is 32.2. The molecular weight excluding hydrogens is 388 g/mol. The molecule has 0 aliphatic rings. The number of benzene rings is 2. The van der Waals surface area contributed by atoms with Crippen molar-refractivity contribution in [2.75, 3.05) is 23.7 Å². The van der Waals surface area contributed by atoms with Crippen molar-refractivity contribution in [1.82, 2.24) is 5.32 Å². The van der Waals surface area contributed by atoms with E-state index in [2.05, 4.69) is 11.4 Å². The van der Waals surface area contributed by atoms with E-state index in [0.717, 1.165) is 21.7 Å². The molecule has 0 spiro atoms. The van der Waals surface area contributed by atoms with Gasteiger partial charge in [0, 0.05) is 6.07 Å². The number of amides is 1. The first kappa shape index (κ1) is 22.7. The van der Waals surface area contributed by atoms with E-state index in [1.165, 1.54) is 5.56 Å². The van der Waals surface area contributed by atoms with Gasteiger partial charge in [0.2, 0.25) is 15.9 Å². The van der Waals surface area contributed by atoms with Crippen LogP contribution in [0.4, 0.5) is 5.69 Å². The Morgan fingerprint density at radius 3 is 2.41 bits per heavy atom. The maximum atomic E-state index is 12.7. The molecule has 0 fully saturated rings. The maximum absolute atomic E-state index is 12.7. The van der Waals surface area contributed by atoms with Crippen LogP contribution in [0.15, 0.2) is 42.5 Å². The summed E-state index contributed by atoms with van der Waals surface area (Å²) in [6.07, 6.45) is 1.79. The molecule has 0 bridgehead atoms. The number of sulfonamides is 1. The minimum Gasteiger partial charge on any atom is -0.494 e. The number of hydrogen-bond donors (Lipinski definition) is 1. The van der Waals surface area contributed by atoms with Crippen molar-refractivity contribution in [3.05, 3.63) is 59.2 Å². The molecule has 7 heteroatoms. The Labute approximate surface area is 173 Å². The highest BCUT2D eigenvalue weighted by Crippen LogP contribution is 2.24. The van der Waals surface area contributed by atoms with Gasteiger partial charge in [0.25, 0.3) is 0 Å². The molecule has 1 atom stereocenters. The standard InChI is InChI=1S/C22H30N2O4S/c1-6-21(18-12-11-16(3)17(4)13-18)23-22(25)15-24(29(5,26)27)19-9-8-10-20(14-19)28-7-2/h8-14,21H,6-7,15H2,1-5H3,(H,23,25)/t21-/m1/s1. The van der Waals surface area contributed by atoms with Crippen LogP contribution in [-0.2, 0) is 14.8 Å². The minimum atomic E-state index is -3.65. The number of rotatable bonds is 9. The quantitative estimate of drug-likeness (QED) is 0.673. The van der Waals surface area contributed by atoms with Crippen LogP contribution >= 0.6 is 0 Å². The normalized spacial score (nSPS) is 12.3. The van der Waals surface area contributed by atoms with Gasteiger partial charge >= 0.3 is 0 Å². The fourth-order valence-electron chi connectivity index (χ4n) is 3.07. The lowest BCUT2D eigenvalue weighted by atomic mass is 9.99. The molecule has 29 heavy (non-hydrogen) atoms. The Balaban J connectivity index is 2.21. The highest BCUT2D eigenvalue weighted by molar-refractivity contribution is 7.92. The van der Waals surface area contributed by atoms with Gasteiger partial charge in [0.15, 0.2) is 0 Å². The van der Waals surface area contributed by atoms with Crippen molar-refractivity contribution >= 4 is 21.6 Å². The molecule has 2 aromatic rings. The van der Waals surface area contributed by atoms with Crippen LogP contribution < -0.4 is 14.4 Å². The molecule has 0 radical (unpaired) electrons. The Bertz CT molecular complexity index is 957. The van der Waals surface area contributed by atoms with Crippen molar-refractivity contribution < 1.29 is 17.9 Å². The lowest BCUT2D eigenvalue weighted by Gasteiger charge is -2.24. The van der Waals surface area contributed by atoms with E-state index in [1.807, 2.05) is 39.8 Å². The van der Waals surface area contributed by atoms with E-state index in [-0.39, 0.29) is 18.5 Å². The van der Waals surface area contributed by atoms with Crippen LogP contribution in [-0.4, -0.2) is 33.7 Å². The van der Waals surface area contributed by atoms with Gasteiger partial charge in [0.1, 0.15) is 12.3 Å². The van der Waals surface area contributed by atoms with Crippen molar-refractivity contribution in [2.45, 2.75) is 40.2 Å². The molecule has 158 valence electrons. The number of aryl methyl sites for hydroxylation is 2. The van der Waals surface area contributed by atoms with Crippen LogP contribution in [0.3, 0.4) is 0 Å². The number of hydrogen-bond acceptors (Lipinski definition) is 4. The average molecular weight is 419 g/mol. The van der Waals surface area contributed by atoms with Gasteiger partial charge in [-0.2, -0.15) is 0 Å². The molecule has 1 amide bonds. The van der Waals surface area contributed by atoms with Gasteiger partial charge in [-0.3, -0.25) is 9.10 Å². The van der Waals surface area contributed by atoms with Crippen molar-refractivity contribution in [2.24, 2.45) is 0 Å². The Morgan fingerprint density at radius 1 is 1.10 bits per heavy atom. The Hall–Kier alpha value is -2.54. The van der Waals surface area contributed by atoms with Crippen molar-refractivity contribution in [3.63, 3.8) is 0 Å². The van der Waals surface area contributed by atoms with E-state index in [9.17, 15) is 13.2 Å². The molecule has 2 rings (SSSR count). The Kier molecular flexibility index (Phi) is 7.67. The van der Waals surface area contributed by atoms with Gasteiger partial charge in [-0.1, -0.05) is 31.2 Å². The highest BCUT2D eigenvalue weighted by Gasteiger charge is 2.23. The van der Waals surface area contributed by atoms with E-state index in [4.69, 9.17) is 4.74 Å². The largest absolute Gasteiger partial charge is 0.494 e. The molecule has 0 aromatic heterocycles. The molecular formula is C22H30N2O4S. The second-order valence-corrected chi connectivity index (χ2v) is 8.98. The lowest BCUT2D eigenvalue weighted by molar-refractivity contribution is -0.120. The summed E-state index contributed by atoms with van der Waals surface area (Å²) in [5, 5.41) is 2.97. The number of carbonyl (C=O) groups is 1. The number of nitrogens with one attached hydrogen (secondary N) is 1. The molecule has 0 unspecified atom stereocenters. The summed E-state index contributed by atoms with van der Waals surface area (Å²) in [5.74, 6) is 0.197. The third-order valence-corrected chi connectivity index (χ3v) is 5.92. The van der Waals surface area contributed by atoms with E-state index in [1.54, 1.807) is 24.3 Å². The van der Waals surface area contributed by atoms with Crippen LogP contribution in [0.1, 0.15) is 43.0 Å². The average Bonchev–Trinajstić information content (AvgIpc) is 2.66. The second kappa shape index (κ2) is 9.78. The molecule has 0 saturated carbocycles. The first-order valence-corrected chi connectivity index (χ1v) is 11.6. The van der Waals surface area contributed by atoms with Gasteiger partial charge < -0.3 is 10.1 Å². The van der Waals surface area contributed by atoms with E-state index >= 15 is 0 Å². The van der Waals surface area contributed by atoms with Crippen molar-refractivity contribution in [3.8, 4) is 5.75 Å². The van der Waals surface area contributed by atoms with Gasteiger partial charge in [-0.05, 0) is 56.0 Å². The second-order valence-electron chi connectivity index (χ2n) is 7.07. The summed E-state index contributed by atoms with van der Waals surface area (Å²) < 4.78 is 31.2. The minimum absolute atomic E-state index is 0.182. The molecule has 0 aliphatic heterocycles. The number of nitrogens with zero attached hydrogens (tertiary/aromatic N) is 1. The fourth-order valence-corrected chi connectivity index (χ4v) is 3.92. The molecule has 0 heterocycles.